The van der Waals surface area contributed by atoms with Gasteiger partial charge in [0.25, 0.3) is 0 Å². The third kappa shape index (κ3) is 5.70. The highest BCUT2D eigenvalue weighted by Crippen LogP contribution is 2.13. The minimum absolute atomic E-state index is 0.509. The summed E-state index contributed by atoms with van der Waals surface area (Å²) in [5.41, 5.74) is 2.67. The third-order valence-corrected chi connectivity index (χ3v) is 4.10. The van der Waals surface area contributed by atoms with Crippen LogP contribution in [0.4, 0.5) is 0 Å². The molecule has 2 nitrogen and oxygen atoms in total. The van der Waals surface area contributed by atoms with Gasteiger partial charge in [0.1, 0.15) is 5.75 Å². The van der Waals surface area contributed by atoms with E-state index in [1.807, 2.05) is 24.3 Å². The molecule has 3 heteroatoms. The monoisotopic (exact) mass is 317 g/mol. The summed E-state index contributed by atoms with van der Waals surface area (Å²) in [6.45, 7) is 3.23. The number of methoxy groups -OCH3 is 1. The average Bonchev–Trinajstić information content (AvgIpc) is 2.55. The Morgan fingerprint density at radius 2 is 1.55 bits per heavy atom. The van der Waals surface area contributed by atoms with Crippen LogP contribution in [0.3, 0.4) is 0 Å². The fourth-order valence-corrected chi connectivity index (χ4v) is 2.52. The van der Waals surface area contributed by atoms with Gasteiger partial charge in [-0.1, -0.05) is 35.9 Å². The first-order chi connectivity index (χ1) is 10.7. The minimum atomic E-state index is 0.509. The van der Waals surface area contributed by atoms with Gasteiger partial charge in [-0.25, -0.2) is 0 Å². The van der Waals surface area contributed by atoms with Crippen molar-refractivity contribution in [3.05, 3.63) is 64.7 Å². The van der Waals surface area contributed by atoms with Gasteiger partial charge in [-0.2, -0.15) is 0 Å². The third-order valence-electron chi connectivity index (χ3n) is 3.84. The van der Waals surface area contributed by atoms with Gasteiger partial charge < -0.3 is 10.1 Å². The second-order valence-electron chi connectivity index (χ2n) is 5.62. The summed E-state index contributed by atoms with van der Waals surface area (Å²) in [6, 6.07) is 16.9. The second kappa shape index (κ2) is 8.82. The average molecular weight is 318 g/mol. The molecule has 0 radical (unpaired) electrons. The van der Waals surface area contributed by atoms with E-state index in [9.17, 15) is 0 Å². The first kappa shape index (κ1) is 16.9. The fourth-order valence-electron chi connectivity index (χ4n) is 2.39. The zero-order chi connectivity index (χ0) is 15.8. The number of hydrogen-bond acceptors (Lipinski definition) is 2. The Morgan fingerprint density at radius 1 is 0.955 bits per heavy atom. The summed E-state index contributed by atoms with van der Waals surface area (Å²) in [6.07, 6.45) is 3.25. The van der Waals surface area contributed by atoms with E-state index in [2.05, 4.69) is 36.5 Å². The van der Waals surface area contributed by atoms with Crippen LogP contribution in [0.2, 0.25) is 5.02 Å². The molecule has 0 unspecified atom stereocenters. The van der Waals surface area contributed by atoms with Crippen LogP contribution in [0.1, 0.15) is 24.5 Å². The highest BCUT2D eigenvalue weighted by molar-refractivity contribution is 6.30. The minimum Gasteiger partial charge on any atom is -0.497 e. The molecule has 2 aromatic rings. The smallest absolute Gasteiger partial charge is 0.118 e. The molecule has 0 aliphatic heterocycles. The van der Waals surface area contributed by atoms with E-state index in [1.165, 1.54) is 11.1 Å². The van der Waals surface area contributed by atoms with Crippen molar-refractivity contribution in [2.24, 2.45) is 0 Å². The molecule has 0 saturated carbocycles. The van der Waals surface area contributed by atoms with Crippen LogP contribution in [0.15, 0.2) is 48.5 Å². The standard InChI is InChI=1S/C19H24ClNO/c1-15(3-4-16-7-11-19(22-2)12-8-16)21-14-13-17-5-9-18(20)10-6-17/h5-12,15,21H,3-4,13-14H2,1-2H3/t15-/m0/s1. The maximum Gasteiger partial charge on any atom is 0.118 e. The topological polar surface area (TPSA) is 21.3 Å². The zero-order valence-electron chi connectivity index (χ0n) is 13.3. The van der Waals surface area contributed by atoms with E-state index >= 15 is 0 Å². The quantitative estimate of drug-likeness (QED) is 0.774. The maximum absolute atomic E-state index is 5.89. The normalized spacial score (nSPS) is 12.1. The van der Waals surface area contributed by atoms with E-state index < -0.39 is 0 Å². The number of halogens is 1. The molecule has 0 fully saturated rings. The van der Waals surface area contributed by atoms with Crippen LogP contribution in [-0.2, 0) is 12.8 Å². The first-order valence-corrected chi connectivity index (χ1v) is 8.16. The Bertz CT molecular complexity index is 551. The predicted octanol–water partition coefficient (Wildman–Crippen LogP) is 4.50. The molecule has 1 N–H and O–H groups in total. The molecular formula is C19H24ClNO. The summed E-state index contributed by atoms with van der Waals surface area (Å²) in [5, 5.41) is 4.38. The van der Waals surface area contributed by atoms with Crippen molar-refractivity contribution in [3.63, 3.8) is 0 Å². The first-order valence-electron chi connectivity index (χ1n) is 7.78. The Kier molecular flexibility index (Phi) is 6.75. The highest BCUT2D eigenvalue weighted by atomic mass is 35.5. The van der Waals surface area contributed by atoms with Crippen LogP contribution >= 0.6 is 11.6 Å². The van der Waals surface area contributed by atoms with Gasteiger partial charge in [0.05, 0.1) is 7.11 Å². The predicted molar refractivity (Wildman–Crippen MR) is 93.9 cm³/mol. The molecule has 2 aromatic carbocycles. The molecule has 0 bridgehead atoms. The Hall–Kier alpha value is -1.51. The molecule has 0 aromatic heterocycles. The Labute approximate surface area is 138 Å². The Morgan fingerprint density at radius 3 is 2.18 bits per heavy atom. The number of aryl methyl sites for hydroxylation is 1. The number of nitrogens with one attached hydrogen (secondary N) is 1. The van der Waals surface area contributed by atoms with Crippen LogP contribution in [0.5, 0.6) is 5.75 Å². The lowest BCUT2D eigenvalue weighted by atomic mass is 10.1. The van der Waals surface area contributed by atoms with E-state index in [-0.39, 0.29) is 0 Å². The lowest BCUT2D eigenvalue weighted by molar-refractivity contribution is 0.414. The van der Waals surface area contributed by atoms with Crippen molar-refractivity contribution in [1.29, 1.82) is 0 Å². The van der Waals surface area contributed by atoms with Crippen molar-refractivity contribution in [2.75, 3.05) is 13.7 Å². The van der Waals surface area contributed by atoms with E-state index in [1.54, 1.807) is 7.11 Å². The van der Waals surface area contributed by atoms with Crippen LogP contribution < -0.4 is 10.1 Å². The fraction of sp³-hybridized carbons (Fsp3) is 0.368. The van der Waals surface area contributed by atoms with Crippen molar-refractivity contribution >= 4 is 11.6 Å². The summed E-state index contributed by atoms with van der Waals surface area (Å²) >= 11 is 5.89. The van der Waals surface area contributed by atoms with Crippen LogP contribution in [0, 0.1) is 0 Å². The molecule has 0 saturated heterocycles. The van der Waals surface area contributed by atoms with Crippen LogP contribution in [-0.4, -0.2) is 19.7 Å². The maximum atomic E-state index is 5.89. The molecule has 2 rings (SSSR count). The Balaban J connectivity index is 1.66. The number of benzene rings is 2. The van der Waals surface area contributed by atoms with Gasteiger partial charge in [-0.05, 0) is 68.1 Å². The van der Waals surface area contributed by atoms with E-state index in [4.69, 9.17) is 16.3 Å². The molecule has 0 aliphatic carbocycles. The summed E-state index contributed by atoms with van der Waals surface area (Å²) in [7, 11) is 1.70. The molecular weight excluding hydrogens is 294 g/mol. The van der Waals surface area contributed by atoms with Gasteiger partial charge in [0.2, 0.25) is 0 Å². The van der Waals surface area contributed by atoms with Crippen molar-refractivity contribution in [3.8, 4) is 5.75 Å². The van der Waals surface area contributed by atoms with Gasteiger partial charge in [0.15, 0.2) is 0 Å². The van der Waals surface area contributed by atoms with Gasteiger partial charge >= 0.3 is 0 Å². The van der Waals surface area contributed by atoms with Gasteiger partial charge in [0, 0.05) is 11.1 Å². The van der Waals surface area contributed by atoms with E-state index in [0.717, 1.165) is 36.6 Å². The highest BCUT2D eigenvalue weighted by Gasteiger charge is 2.03. The molecule has 0 amide bonds. The lowest BCUT2D eigenvalue weighted by Crippen LogP contribution is -2.28. The van der Waals surface area contributed by atoms with E-state index in [0.29, 0.717) is 6.04 Å². The summed E-state index contributed by atoms with van der Waals surface area (Å²) in [5.74, 6) is 0.915. The lowest BCUT2D eigenvalue weighted by Gasteiger charge is -2.14. The molecule has 0 aliphatic rings. The van der Waals surface area contributed by atoms with Crippen molar-refractivity contribution in [1.82, 2.24) is 5.32 Å². The SMILES string of the molecule is COc1ccc(CC[C@H](C)NCCc2ccc(Cl)cc2)cc1. The van der Waals surface area contributed by atoms with Crippen molar-refractivity contribution in [2.45, 2.75) is 32.2 Å². The molecule has 118 valence electrons. The molecule has 0 spiro atoms. The number of ether oxygens (including phenoxy) is 1. The number of hydrogen-bond donors (Lipinski definition) is 1. The number of rotatable bonds is 8. The zero-order valence-corrected chi connectivity index (χ0v) is 14.1. The van der Waals surface area contributed by atoms with Crippen LogP contribution in [0.25, 0.3) is 0 Å². The summed E-state index contributed by atoms with van der Waals surface area (Å²) in [4.78, 5) is 0. The molecule has 22 heavy (non-hydrogen) atoms. The van der Waals surface area contributed by atoms with Crippen molar-refractivity contribution < 1.29 is 4.74 Å². The van der Waals surface area contributed by atoms with Gasteiger partial charge in [-0.15, -0.1) is 0 Å². The molecule has 0 heterocycles. The van der Waals surface area contributed by atoms with Gasteiger partial charge in [-0.3, -0.25) is 0 Å². The molecule has 1 atom stereocenters. The second-order valence-corrected chi connectivity index (χ2v) is 6.05. The summed E-state index contributed by atoms with van der Waals surface area (Å²) < 4.78 is 5.18. The largest absolute Gasteiger partial charge is 0.497 e.